The second-order valence-corrected chi connectivity index (χ2v) is 6.85. The van der Waals surface area contributed by atoms with E-state index in [4.69, 9.17) is 22.2 Å². The van der Waals surface area contributed by atoms with Crippen LogP contribution >= 0.6 is 39.9 Å². The molecule has 0 aliphatic carbocycles. The fraction of sp³-hybridized carbons (Fsp3) is 0.118. The van der Waals surface area contributed by atoms with Crippen molar-refractivity contribution in [3.63, 3.8) is 0 Å². The number of nitrogens with zero attached hydrogens (tertiary/aromatic N) is 4. The molecule has 0 amide bonds. The number of benzene rings is 2. The molecule has 28 heavy (non-hydrogen) atoms. The highest BCUT2D eigenvalue weighted by Crippen LogP contribution is 2.32. The molecule has 0 atom stereocenters. The molecule has 3 rings (SSSR count). The normalized spacial score (nSPS) is 10.7. The van der Waals surface area contributed by atoms with Gasteiger partial charge in [0, 0.05) is 10.0 Å². The SMILES string of the molecule is Cc1nnc(NN=Cc2cc(Br)cc(Cl)c2OCc2ccc(F)cc2)n1N.Cl. The second-order valence-electron chi connectivity index (χ2n) is 5.53. The summed E-state index contributed by atoms with van der Waals surface area (Å²) in [6.07, 6.45) is 1.53. The minimum absolute atomic E-state index is 0. The van der Waals surface area contributed by atoms with E-state index in [2.05, 4.69) is 36.7 Å². The second kappa shape index (κ2) is 9.72. The first kappa shape index (κ1) is 21.9. The predicted molar refractivity (Wildman–Crippen MR) is 113 cm³/mol. The molecule has 1 aromatic heterocycles. The average molecular weight is 490 g/mol. The fourth-order valence-corrected chi connectivity index (χ4v) is 3.06. The van der Waals surface area contributed by atoms with Gasteiger partial charge in [-0.25, -0.2) is 14.5 Å². The first-order valence-electron chi connectivity index (χ1n) is 7.76. The predicted octanol–water partition coefficient (Wildman–Crippen LogP) is 4.30. The lowest BCUT2D eigenvalue weighted by atomic mass is 10.2. The highest BCUT2D eigenvalue weighted by molar-refractivity contribution is 9.10. The van der Waals surface area contributed by atoms with Gasteiger partial charge in [-0.2, -0.15) is 5.10 Å². The molecule has 0 saturated carbocycles. The van der Waals surface area contributed by atoms with Crippen molar-refractivity contribution >= 4 is 52.1 Å². The number of nitrogens with one attached hydrogen (secondary N) is 1. The number of rotatable bonds is 6. The summed E-state index contributed by atoms with van der Waals surface area (Å²) in [6, 6.07) is 9.56. The molecule has 7 nitrogen and oxygen atoms in total. The molecule has 3 aromatic rings. The van der Waals surface area contributed by atoms with Gasteiger partial charge in [-0.15, -0.1) is 22.6 Å². The van der Waals surface area contributed by atoms with E-state index in [1.807, 2.05) is 0 Å². The van der Waals surface area contributed by atoms with Crippen LogP contribution in [0.25, 0.3) is 0 Å². The Morgan fingerprint density at radius 1 is 1.32 bits per heavy atom. The Morgan fingerprint density at radius 2 is 2.04 bits per heavy atom. The molecule has 0 spiro atoms. The highest BCUT2D eigenvalue weighted by atomic mass is 79.9. The molecule has 0 bridgehead atoms. The number of hydrogen-bond donors (Lipinski definition) is 2. The van der Waals surface area contributed by atoms with E-state index in [1.54, 1.807) is 31.2 Å². The molecule has 2 aromatic carbocycles. The molecule has 0 aliphatic rings. The number of anilines is 1. The minimum Gasteiger partial charge on any atom is -0.487 e. The zero-order valence-corrected chi connectivity index (χ0v) is 17.7. The van der Waals surface area contributed by atoms with E-state index < -0.39 is 0 Å². The van der Waals surface area contributed by atoms with Crippen LogP contribution in [-0.2, 0) is 6.61 Å². The van der Waals surface area contributed by atoms with Gasteiger partial charge in [0.25, 0.3) is 5.95 Å². The van der Waals surface area contributed by atoms with Crippen molar-refractivity contribution in [2.45, 2.75) is 13.5 Å². The third-order valence-electron chi connectivity index (χ3n) is 3.57. The van der Waals surface area contributed by atoms with Crippen molar-refractivity contribution < 1.29 is 9.13 Å². The molecule has 11 heteroatoms. The Hall–Kier alpha value is -2.36. The maximum Gasteiger partial charge on any atom is 0.263 e. The molecule has 0 saturated heterocycles. The maximum absolute atomic E-state index is 13.0. The lowest BCUT2D eigenvalue weighted by Gasteiger charge is -2.12. The molecule has 3 N–H and O–H groups in total. The Balaban J connectivity index is 0.00000280. The number of halogens is 4. The van der Waals surface area contributed by atoms with Crippen LogP contribution in [0.4, 0.5) is 10.3 Å². The van der Waals surface area contributed by atoms with Crippen LogP contribution in [0.5, 0.6) is 5.75 Å². The number of hydrogen-bond acceptors (Lipinski definition) is 6. The summed E-state index contributed by atoms with van der Waals surface area (Å²) in [5.74, 6) is 6.73. The van der Waals surface area contributed by atoms with Crippen LogP contribution < -0.4 is 16.0 Å². The van der Waals surface area contributed by atoms with E-state index in [-0.39, 0.29) is 24.8 Å². The van der Waals surface area contributed by atoms with Crippen LogP contribution in [0.15, 0.2) is 46.0 Å². The van der Waals surface area contributed by atoms with Crippen LogP contribution in [0.3, 0.4) is 0 Å². The minimum atomic E-state index is -0.303. The Morgan fingerprint density at radius 3 is 2.68 bits per heavy atom. The van der Waals surface area contributed by atoms with Gasteiger partial charge in [-0.1, -0.05) is 39.7 Å². The summed E-state index contributed by atoms with van der Waals surface area (Å²) in [5.41, 5.74) is 4.14. The van der Waals surface area contributed by atoms with Gasteiger partial charge in [0.05, 0.1) is 11.2 Å². The van der Waals surface area contributed by atoms with E-state index >= 15 is 0 Å². The quantitative estimate of drug-likeness (QED) is 0.306. The lowest BCUT2D eigenvalue weighted by molar-refractivity contribution is 0.306. The molecular weight excluding hydrogens is 474 g/mol. The van der Waals surface area contributed by atoms with Crippen molar-refractivity contribution in [2.75, 3.05) is 11.3 Å². The Kier molecular flexibility index (Phi) is 7.61. The molecule has 0 aliphatic heterocycles. The summed E-state index contributed by atoms with van der Waals surface area (Å²) >= 11 is 9.70. The van der Waals surface area contributed by atoms with Crippen molar-refractivity contribution in [3.05, 3.63) is 68.7 Å². The third kappa shape index (κ3) is 5.34. The van der Waals surface area contributed by atoms with Crippen molar-refractivity contribution in [3.8, 4) is 5.75 Å². The summed E-state index contributed by atoms with van der Waals surface area (Å²) in [5, 5.41) is 12.2. The molecule has 1 heterocycles. The zero-order valence-electron chi connectivity index (χ0n) is 14.6. The van der Waals surface area contributed by atoms with Crippen LogP contribution in [0.1, 0.15) is 17.0 Å². The summed E-state index contributed by atoms with van der Waals surface area (Å²) in [7, 11) is 0. The number of hydrazone groups is 1. The molecule has 0 radical (unpaired) electrons. The van der Waals surface area contributed by atoms with Crippen LogP contribution in [0.2, 0.25) is 5.02 Å². The molecule has 0 fully saturated rings. The van der Waals surface area contributed by atoms with E-state index in [0.717, 1.165) is 10.0 Å². The number of nitrogens with two attached hydrogens (primary N) is 1. The van der Waals surface area contributed by atoms with Gasteiger partial charge in [-0.3, -0.25) is 0 Å². The van der Waals surface area contributed by atoms with Gasteiger partial charge in [0.1, 0.15) is 18.2 Å². The molecule has 0 unspecified atom stereocenters. The van der Waals surface area contributed by atoms with E-state index in [9.17, 15) is 4.39 Å². The molecular formula is C17H16BrCl2FN6O. The zero-order chi connectivity index (χ0) is 19.4. The van der Waals surface area contributed by atoms with Gasteiger partial charge < -0.3 is 10.6 Å². The monoisotopic (exact) mass is 488 g/mol. The summed E-state index contributed by atoms with van der Waals surface area (Å²) < 4.78 is 20.9. The maximum atomic E-state index is 13.0. The van der Waals surface area contributed by atoms with Gasteiger partial charge in [0.15, 0.2) is 5.82 Å². The van der Waals surface area contributed by atoms with Crippen LogP contribution in [-0.4, -0.2) is 21.1 Å². The first-order chi connectivity index (χ1) is 12.9. The summed E-state index contributed by atoms with van der Waals surface area (Å²) in [4.78, 5) is 0. The Bertz CT molecular complexity index is 981. The number of aryl methyl sites for hydroxylation is 1. The van der Waals surface area contributed by atoms with Crippen molar-refractivity contribution in [2.24, 2.45) is 5.10 Å². The van der Waals surface area contributed by atoms with Crippen LogP contribution in [0, 0.1) is 12.7 Å². The van der Waals surface area contributed by atoms with E-state index in [1.165, 1.54) is 23.0 Å². The van der Waals surface area contributed by atoms with Gasteiger partial charge in [0.2, 0.25) is 0 Å². The van der Waals surface area contributed by atoms with E-state index in [0.29, 0.717) is 28.1 Å². The first-order valence-corrected chi connectivity index (χ1v) is 8.93. The smallest absolute Gasteiger partial charge is 0.263 e. The van der Waals surface area contributed by atoms with Gasteiger partial charge in [-0.05, 0) is 36.8 Å². The standard InChI is InChI=1S/C17H15BrClFN6O.ClH/c1-10-23-25-17(26(10)21)24-22-8-12-6-13(18)7-15(19)16(12)27-9-11-2-4-14(20)5-3-11;/h2-8H,9,21H2,1H3,(H,24,25);1H. The summed E-state index contributed by atoms with van der Waals surface area (Å²) in [6.45, 7) is 1.95. The third-order valence-corrected chi connectivity index (χ3v) is 4.31. The fourth-order valence-electron chi connectivity index (χ4n) is 2.17. The largest absolute Gasteiger partial charge is 0.487 e. The number of aromatic nitrogens is 3. The number of nitrogen functional groups attached to an aromatic ring is 1. The Labute approximate surface area is 180 Å². The van der Waals surface area contributed by atoms with Crippen molar-refractivity contribution in [1.82, 2.24) is 14.9 Å². The highest BCUT2D eigenvalue weighted by Gasteiger charge is 2.10. The number of ether oxygens (including phenoxy) is 1. The van der Waals surface area contributed by atoms with Crippen molar-refractivity contribution in [1.29, 1.82) is 0 Å². The topological polar surface area (TPSA) is 90.4 Å². The average Bonchev–Trinajstić information content (AvgIpc) is 2.94. The molecule has 148 valence electrons. The van der Waals surface area contributed by atoms with Gasteiger partial charge >= 0.3 is 0 Å². The lowest BCUT2D eigenvalue weighted by Crippen LogP contribution is -2.13.